The van der Waals surface area contributed by atoms with Gasteiger partial charge in [0.05, 0.1) is 19.8 Å². The smallest absolute Gasteiger partial charge is 0.262 e. The van der Waals surface area contributed by atoms with Crippen LogP contribution in [0.5, 0.6) is 5.75 Å². The molecule has 22 heavy (non-hydrogen) atoms. The molecule has 2 aromatic rings. The van der Waals surface area contributed by atoms with E-state index in [0.717, 1.165) is 17.7 Å². The molecule has 2 atom stereocenters. The molecule has 0 aliphatic carbocycles. The molecule has 0 N–H and O–H groups in total. The Morgan fingerprint density at radius 3 is 2.64 bits per heavy atom. The van der Waals surface area contributed by atoms with Crippen molar-refractivity contribution in [2.24, 2.45) is 0 Å². The summed E-state index contributed by atoms with van der Waals surface area (Å²) in [5.74, 6) is 0.826. The Morgan fingerprint density at radius 2 is 1.95 bits per heavy atom. The Balaban J connectivity index is 1.35. The van der Waals surface area contributed by atoms with Crippen LogP contribution in [0.3, 0.4) is 0 Å². The number of carbonyl (C=O) groups excluding carboxylic acids is 1. The van der Waals surface area contributed by atoms with Crippen molar-refractivity contribution < 1.29 is 19.0 Å². The van der Waals surface area contributed by atoms with Crippen LogP contribution < -0.4 is 4.74 Å². The number of hydrogen-bond acceptors (Lipinski definition) is 4. The highest BCUT2D eigenvalue weighted by atomic mass is 16.6. The van der Waals surface area contributed by atoms with Gasteiger partial charge in [-0.2, -0.15) is 0 Å². The molecule has 1 aliphatic heterocycles. The lowest BCUT2D eigenvalue weighted by atomic mass is 10.2. The standard InChI is InChI=1S/C17H19NO4/c1-20-14-6-4-13(5-7-14)12-21-11-8-15-16(22-15)17(19)18-9-2-3-10-18/h2-7,9-10,15-16H,8,11-12H2,1H3/t15-,16+/m1/s1. The number of benzene rings is 1. The zero-order valence-corrected chi connectivity index (χ0v) is 12.5. The van der Waals surface area contributed by atoms with Gasteiger partial charge in [0.15, 0.2) is 6.10 Å². The second-order valence-electron chi connectivity index (χ2n) is 5.21. The molecule has 1 aromatic carbocycles. The number of rotatable bonds is 7. The van der Waals surface area contributed by atoms with Gasteiger partial charge in [0.2, 0.25) is 0 Å². The fraction of sp³-hybridized carbons (Fsp3) is 0.353. The highest BCUT2D eigenvalue weighted by Gasteiger charge is 2.44. The van der Waals surface area contributed by atoms with E-state index in [1.165, 1.54) is 0 Å². The number of methoxy groups -OCH3 is 1. The average molecular weight is 301 g/mol. The Bertz CT molecular complexity index is 606. The maximum atomic E-state index is 12.0. The van der Waals surface area contributed by atoms with Crippen molar-refractivity contribution in [3.05, 3.63) is 54.4 Å². The van der Waals surface area contributed by atoms with Crippen LogP contribution in [0.2, 0.25) is 0 Å². The van der Waals surface area contributed by atoms with Gasteiger partial charge in [-0.1, -0.05) is 12.1 Å². The molecule has 0 bridgehead atoms. The Morgan fingerprint density at radius 1 is 1.23 bits per heavy atom. The predicted octanol–water partition coefficient (Wildman–Crippen LogP) is 2.51. The van der Waals surface area contributed by atoms with E-state index in [4.69, 9.17) is 14.2 Å². The number of hydrogen-bond donors (Lipinski definition) is 0. The normalized spacial score (nSPS) is 19.9. The summed E-state index contributed by atoms with van der Waals surface area (Å²) >= 11 is 0. The topological polar surface area (TPSA) is 53.0 Å². The highest BCUT2D eigenvalue weighted by molar-refractivity contribution is 5.86. The molecule has 3 rings (SSSR count). The van der Waals surface area contributed by atoms with Crippen LogP contribution >= 0.6 is 0 Å². The highest BCUT2D eigenvalue weighted by Crippen LogP contribution is 2.27. The third-order valence-electron chi connectivity index (χ3n) is 3.66. The first-order chi connectivity index (χ1) is 10.8. The SMILES string of the molecule is COc1ccc(COCC[C@H]2O[C@@H]2C(=O)n2cccc2)cc1. The molecule has 0 saturated carbocycles. The van der Waals surface area contributed by atoms with Crippen molar-refractivity contribution >= 4 is 5.91 Å². The van der Waals surface area contributed by atoms with Gasteiger partial charge in [0, 0.05) is 25.4 Å². The molecule has 1 fully saturated rings. The molecule has 1 saturated heterocycles. The van der Waals surface area contributed by atoms with E-state index in [1.54, 1.807) is 24.1 Å². The van der Waals surface area contributed by atoms with Crippen LogP contribution in [0.1, 0.15) is 16.8 Å². The fourth-order valence-electron chi connectivity index (χ4n) is 2.32. The minimum Gasteiger partial charge on any atom is -0.497 e. The fourth-order valence-corrected chi connectivity index (χ4v) is 2.32. The van der Waals surface area contributed by atoms with Crippen molar-refractivity contribution in [3.63, 3.8) is 0 Å². The van der Waals surface area contributed by atoms with Crippen LogP contribution in [0, 0.1) is 0 Å². The molecule has 0 radical (unpaired) electrons. The zero-order chi connectivity index (χ0) is 15.4. The first-order valence-corrected chi connectivity index (χ1v) is 7.31. The quantitative estimate of drug-likeness (QED) is 0.582. The van der Waals surface area contributed by atoms with Gasteiger partial charge in [0.25, 0.3) is 5.91 Å². The predicted molar refractivity (Wildman–Crippen MR) is 81.0 cm³/mol. The Hall–Kier alpha value is -2.11. The van der Waals surface area contributed by atoms with Crippen LogP contribution in [-0.2, 0) is 16.1 Å². The van der Waals surface area contributed by atoms with E-state index in [1.807, 2.05) is 36.4 Å². The number of ether oxygens (including phenoxy) is 3. The summed E-state index contributed by atoms with van der Waals surface area (Å²) in [6, 6.07) is 11.4. The molecule has 1 aliphatic rings. The average Bonchev–Trinajstić information content (AvgIpc) is 3.11. The molecule has 5 heteroatoms. The maximum absolute atomic E-state index is 12.0. The minimum absolute atomic E-state index is 0.00912. The lowest BCUT2D eigenvalue weighted by Gasteiger charge is -2.04. The number of carbonyl (C=O) groups is 1. The van der Waals surface area contributed by atoms with E-state index < -0.39 is 0 Å². The molecular weight excluding hydrogens is 282 g/mol. The van der Waals surface area contributed by atoms with Crippen molar-refractivity contribution in [3.8, 4) is 5.75 Å². The maximum Gasteiger partial charge on any atom is 0.262 e. The monoisotopic (exact) mass is 301 g/mol. The molecule has 0 amide bonds. The van der Waals surface area contributed by atoms with E-state index in [9.17, 15) is 4.79 Å². The molecule has 1 aromatic heterocycles. The summed E-state index contributed by atoms with van der Waals surface area (Å²) < 4.78 is 17.7. The zero-order valence-electron chi connectivity index (χ0n) is 12.5. The number of aromatic nitrogens is 1. The van der Waals surface area contributed by atoms with Gasteiger partial charge in [-0.05, 0) is 29.8 Å². The van der Waals surface area contributed by atoms with Gasteiger partial charge >= 0.3 is 0 Å². The summed E-state index contributed by atoms with van der Waals surface area (Å²) in [6.45, 7) is 1.12. The molecule has 116 valence electrons. The first-order valence-electron chi connectivity index (χ1n) is 7.31. The summed E-state index contributed by atoms with van der Waals surface area (Å²) in [4.78, 5) is 12.0. The van der Waals surface area contributed by atoms with E-state index in [-0.39, 0.29) is 18.1 Å². The van der Waals surface area contributed by atoms with Crippen LogP contribution in [-0.4, -0.2) is 36.4 Å². The Kier molecular flexibility index (Phi) is 4.56. The largest absolute Gasteiger partial charge is 0.497 e. The van der Waals surface area contributed by atoms with Gasteiger partial charge < -0.3 is 14.2 Å². The summed E-state index contributed by atoms with van der Waals surface area (Å²) in [6.07, 6.45) is 3.86. The van der Waals surface area contributed by atoms with Crippen molar-refractivity contribution in [1.82, 2.24) is 4.57 Å². The van der Waals surface area contributed by atoms with Crippen molar-refractivity contribution in [2.45, 2.75) is 25.2 Å². The molecular formula is C17H19NO4. The van der Waals surface area contributed by atoms with E-state index in [2.05, 4.69) is 0 Å². The van der Waals surface area contributed by atoms with Crippen LogP contribution in [0.4, 0.5) is 0 Å². The van der Waals surface area contributed by atoms with Gasteiger partial charge in [-0.15, -0.1) is 0 Å². The van der Waals surface area contributed by atoms with Crippen LogP contribution in [0.15, 0.2) is 48.8 Å². The van der Waals surface area contributed by atoms with Crippen molar-refractivity contribution in [1.29, 1.82) is 0 Å². The summed E-state index contributed by atoms with van der Waals surface area (Å²) in [7, 11) is 1.65. The molecule has 0 spiro atoms. The lowest BCUT2D eigenvalue weighted by molar-refractivity contribution is 0.0872. The van der Waals surface area contributed by atoms with E-state index >= 15 is 0 Å². The van der Waals surface area contributed by atoms with E-state index in [0.29, 0.717) is 13.2 Å². The summed E-state index contributed by atoms with van der Waals surface area (Å²) in [5.41, 5.74) is 1.09. The minimum atomic E-state index is -0.322. The second-order valence-corrected chi connectivity index (χ2v) is 5.21. The third kappa shape index (κ3) is 3.55. The lowest BCUT2D eigenvalue weighted by Crippen LogP contribution is -2.17. The van der Waals surface area contributed by atoms with Gasteiger partial charge in [-0.25, -0.2) is 0 Å². The molecule has 5 nitrogen and oxygen atoms in total. The first kappa shape index (κ1) is 14.8. The second kappa shape index (κ2) is 6.77. The van der Waals surface area contributed by atoms with Gasteiger partial charge in [-0.3, -0.25) is 9.36 Å². The van der Waals surface area contributed by atoms with Crippen molar-refractivity contribution in [2.75, 3.05) is 13.7 Å². The number of epoxide rings is 1. The molecule has 2 heterocycles. The Labute approximate surface area is 129 Å². The van der Waals surface area contributed by atoms with Gasteiger partial charge in [0.1, 0.15) is 5.75 Å². The number of nitrogens with zero attached hydrogens (tertiary/aromatic N) is 1. The molecule has 0 unspecified atom stereocenters. The third-order valence-corrected chi connectivity index (χ3v) is 3.66. The van der Waals surface area contributed by atoms with Crippen LogP contribution in [0.25, 0.3) is 0 Å². The summed E-state index contributed by atoms with van der Waals surface area (Å²) in [5, 5.41) is 0.